The molecule has 0 aromatic carbocycles. The van der Waals surface area contributed by atoms with Gasteiger partial charge in [-0.1, -0.05) is 6.07 Å². The first kappa shape index (κ1) is 18.9. The van der Waals surface area contributed by atoms with E-state index in [1.165, 1.54) is 0 Å². The van der Waals surface area contributed by atoms with Crippen LogP contribution in [0.3, 0.4) is 0 Å². The highest BCUT2D eigenvalue weighted by molar-refractivity contribution is 14.0. The Labute approximate surface area is 163 Å². The molecule has 0 unspecified atom stereocenters. The topological polar surface area (TPSA) is 84.9 Å². The van der Waals surface area contributed by atoms with E-state index in [0.29, 0.717) is 13.1 Å². The summed E-state index contributed by atoms with van der Waals surface area (Å²) in [6.45, 7) is 1.30. The number of imidazole rings is 1. The van der Waals surface area contributed by atoms with E-state index in [4.69, 9.17) is 0 Å². The number of hydrogen-bond acceptors (Lipinski definition) is 4. The summed E-state index contributed by atoms with van der Waals surface area (Å²) in [7, 11) is 3.67. The number of nitrogens with one attached hydrogen (secondary N) is 2. The van der Waals surface area contributed by atoms with Crippen LogP contribution in [0.5, 0.6) is 0 Å². The molecule has 0 fully saturated rings. The van der Waals surface area contributed by atoms with Crippen LogP contribution in [0.15, 0.2) is 54.3 Å². The molecule has 0 saturated carbocycles. The predicted octanol–water partition coefficient (Wildman–Crippen LogP) is 1.48. The van der Waals surface area contributed by atoms with Crippen molar-refractivity contribution in [2.75, 3.05) is 7.05 Å². The van der Waals surface area contributed by atoms with Gasteiger partial charge in [-0.05, 0) is 17.7 Å². The molecule has 0 bridgehead atoms. The normalized spacial score (nSPS) is 11.0. The van der Waals surface area contributed by atoms with Gasteiger partial charge in [-0.3, -0.25) is 14.2 Å². The van der Waals surface area contributed by atoms with Crippen molar-refractivity contribution in [3.63, 3.8) is 0 Å². The molecule has 2 N–H and O–H groups in total. The van der Waals surface area contributed by atoms with Crippen LogP contribution in [0.2, 0.25) is 0 Å². The monoisotopic (exact) mass is 452 g/mol. The summed E-state index contributed by atoms with van der Waals surface area (Å²) in [4.78, 5) is 12.7. The molecule has 0 aliphatic rings. The van der Waals surface area contributed by atoms with Crippen LogP contribution in [0.1, 0.15) is 11.3 Å². The van der Waals surface area contributed by atoms with Gasteiger partial charge in [0.15, 0.2) is 5.96 Å². The van der Waals surface area contributed by atoms with Gasteiger partial charge in [-0.2, -0.15) is 5.10 Å². The maximum Gasteiger partial charge on any atom is 0.191 e. The fourth-order valence-corrected chi connectivity index (χ4v) is 2.22. The molecule has 3 aromatic heterocycles. The van der Waals surface area contributed by atoms with E-state index in [1.54, 1.807) is 25.8 Å². The molecule has 3 rings (SSSR count). The van der Waals surface area contributed by atoms with Gasteiger partial charge in [0.25, 0.3) is 0 Å². The first-order valence-electron chi connectivity index (χ1n) is 7.61. The molecule has 0 aliphatic carbocycles. The van der Waals surface area contributed by atoms with E-state index in [2.05, 4.69) is 30.7 Å². The van der Waals surface area contributed by atoms with Gasteiger partial charge < -0.3 is 10.6 Å². The molecule has 3 aromatic rings. The van der Waals surface area contributed by atoms with Crippen LogP contribution in [0, 0.1) is 0 Å². The highest BCUT2D eigenvalue weighted by Gasteiger charge is 2.03. The fraction of sp³-hybridized carbons (Fsp3) is 0.250. The lowest BCUT2D eigenvalue weighted by Crippen LogP contribution is -2.36. The summed E-state index contributed by atoms with van der Waals surface area (Å²) in [6.07, 6.45) is 8.95. The molecule has 3 heterocycles. The highest BCUT2D eigenvalue weighted by Crippen LogP contribution is 2.05. The predicted molar refractivity (Wildman–Crippen MR) is 107 cm³/mol. The zero-order chi connectivity index (χ0) is 16.8. The van der Waals surface area contributed by atoms with Crippen molar-refractivity contribution >= 4 is 29.9 Å². The van der Waals surface area contributed by atoms with Crippen LogP contribution < -0.4 is 10.6 Å². The third kappa shape index (κ3) is 5.02. The van der Waals surface area contributed by atoms with Crippen molar-refractivity contribution < 1.29 is 0 Å². The zero-order valence-corrected chi connectivity index (χ0v) is 16.5. The molecular weight excluding hydrogens is 431 g/mol. The Hall–Kier alpha value is -2.43. The fourth-order valence-electron chi connectivity index (χ4n) is 2.22. The average molecular weight is 452 g/mol. The number of aryl methyl sites for hydroxylation is 1. The minimum Gasteiger partial charge on any atom is -0.352 e. The third-order valence-corrected chi connectivity index (χ3v) is 3.62. The van der Waals surface area contributed by atoms with Crippen LogP contribution in [-0.4, -0.2) is 37.3 Å². The standard InChI is InChI=1S/C16H20N8.HI/c1-17-16(21-11-14-5-6-22-23(14)2)20-10-13-3-4-15(19-9-13)24-8-7-18-12-24;/h3-9,12H,10-11H2,1-2H3,(H2,17,20,21);1H. The smallest absolute Gasteiger partial charge is 0.191 e. The summed E-state index contributed by atoms with van der Waals surface area (Å²) in [6, 6.07) is 5.97. The van der Waals surface area contributed by atoms with Gasteiger partial charge in [0, 0.05) is 45.4 Å². The molecule has 132 valence electrons. The highest BCUT2D eigenvalue weighted by atomic mass is 127. The van der Waals surface area contributed by atoms with Gasteiger partial charge in [-0.25, -0.2) is 9.97 Å². The van der Waals surface area contributed by atoms with Crippen molar-refractivity contribution in [3.8, 4) is 5.82 Å². The average Bonchev–Trinajstić information content (AvgIpc) is 3.28. The second-order valence-electron chi connectivity index (χ2n) is 5.22. The first-order valence-corrected chi connectivity index (χ1v) is 7.61. The van der Waals surface area contributed by atoms with Gasteiger partial charge in [0.2, 0.25) is 0 Å². The van der Waals surface area contributed by atoms with E-state index in [0.717, 1.165) is 23.0 Å². The molecule has 0 spiro atoms. The number of nitrogens with zero attached hydrogens (tertiary/aromatic N) is 6. The third-order valence-electron chi connectivity index (χ3n) is 3.62. The number of guanidine groups is 1. The first-order chi connectivity index (χ1) is 11.8. The maximum atomic E-state index is 4.43. The van der Waals surface area contributed by atoms with Gasteiger partial charge in [0.05, 0.1) is 12.2 Å². The minimum absolute atomic E-state index is 0. The minimum atomic E-state index is 0. The molecule has 25 heavy (non-hydrogen) atoms. The summed E-state index contributed by atoms with van der Waals surface area (Å²) in [5.74, 6) is 1.57. The van der Waals surface area contributed by atoms with Crippen molar-refractivity contribution in [1.82, 2.24) is 34.9 Å². The van der Waals surface area contributed by atoms with Crippen molar-refractivity contribution in [3.05, 3.63) is 60.6 Å². The molecule has 0 atom stereocenters. The Morgan fingerprint density at radius 2 is 2.00 bits per heavy atom. The summed E-state index contributed by atoms with van der Waals surface area (Å²) in [5, 5.41) is 10.7. The molecular formula is C16H21IN8. The second-order valence-corrected chi connectivity index (χ2v) is 5.22. The Kier molecular flexibility index (Phi) is 6.92. The Morgan fingerprint density at radius 1 is 1.16 bits per heavy atom. The van der Waals surface area contributed by atoms with E-state index in [1.807, 2.05) is 46.9 Å². The van der Waals surface area contributed by atoms with Crippen LogP contribution >= 0.6 is 24.0 Å². The number of rotatable bonds is 5. The molecule has 0 aliphatic heterocycles. The van der Waals surface area contributed by atoms with E-state index in [-0.39, 0.29) is 24.0 Å². The number of hydrogen-bond donors (Lipinski definition) is 2. The molecule has 0 radical (unpaired) electrons. The van der Waals surface area contributed by atoms with E-state index < -0.39 is 0 Å². The quantitative estimate of drug-likeness (QED) is 0.348. The van der Waals surface area contributed by atoms with Gasteiger partial charge in [-0.15, -0.1) is 24.0 Å². The molecule has 8 nitrogen and oxygen atoms in total. The summed E-state index contributed by atoms with van der Waals surface area (Å²) < 4.78 is 3.70. The van der Waals surface area contributed by atoms with Crippen LogP contribution in [0.4, 0.5) is 0 Å². The Morgan fingerprint density at radius 3 is 2.60 bits per heavy atom. The van der Waals surface area contributed by atoms with Crippen molar-refractivity contribution in [2.24, 2.45) is 12.0 Å². The Bertz CT molecular complexity index is 792. The summed E-state index contributed by atoms with van der Waals surface area (Å²) in [5.41, 5.74) is 2.16. The van der Waals surface area contributed by atoms with Gasteiger partial charge in [0.1, 0.15) is 12.1 Å². The lowest BCUT2D eigenvalue weighted by Gasteiger charge is -2.12. The maximum absolute atomic E-state index is 4.43. The summed E-state index contributed by atoms with van der Waals surface area (Å²) >= 11 is 0. The Balaban J connectivity index is 0.00000225. The largest absolute Gasteiger partial charge is 0.352 e. The van der Waals surface area contributed by atoms with Gasteiger partial charge >= 0.3 is 0 Å². The SMILES string of the molecule is CN=C(NCc1ccc(-n2ccnc2)nc1)NCc1ccnn1C.I. The van der Waals surface area contributed by atoms with Crippen LogP contribution in [0.25, 0.3) is 5.82 Å². The number of aliphatic imine (C=N–C) groups is 1. The second kappa shape index (κ2) is 9.16. The number of pyridine rings is 1. The van der Waals surface area contributed by atoms with Crippen molar-refractivity contribution in [2.45, 2.75) is 13.1 Å². The number of aromatic nitrogens is 5. The molecule has 0 amide bonds. The lowest BCUT2D eigenvalue weighted by atomic mass is 10.3. The van der Waals surface area contributed by atoms with E-state index >= 15 is 0 Å². The molecule has 0 saturated heterocycles. The number of halogens is 1. The van der Waals surface area contributed by atoms with Crippen LogP contribution in [-0.2, 0) is 20.1 Å². The zero-order valence-electron chi connectivity index (χ0n) is 14.1. The molecule has 9 heteroatoms. The van der Waals surface area contributed by atoms with Crippen molar-refractivity contribution in [1.29, 1.82) is 0 Å². The lowest BCUT2D eigenvalue weighted by molar-refractivity contribution is 0.684. The van der Waals surface area contributed by atoms with E-state index in [9.17, 15) is 0 Å².